The fourth-order valence-corrected chi connectivity index (χ4v) is 4.72. The van der Waals surface area contributed by atoms with E-state index in [1.807, 2.05) is 12.1 Å². The Morgan fingerprint density at radius 3 is 2.14 bits per heavy atom. The van der Waals surface area contributed by atoms with Gasteiger partial charge in [-0.2, -0.15) is 29.8 Å². The van der Waals surface area contributed by atoms with E-state index in [9.17, 15) is 0 Å². The monoisotopic (exact) mass is 522 g/mol. The van der Waals surface area contributed by atoms with Crippen LogP contribution < -0.4 is 9.92 Å². The first-order valence-corrected chi connectivity index (χ1v) is 19.8. The molecule has 0 aromatic heterocycles. The fourth-order valence-electron chi connectivity index (χ4n) is 3.52. The summed E-state index contributed by atoms with van der Waals surface area (Å²) in [6.45, 7) is 7.09. The molecule has 0 saturated carbocycles. The van der Waals surface area contributed by atoms with E-state index in [-0.39, 0.29) is 0 Å². The maximum absolute atomic E-state index is 5.19. The maximum atomic E-state index is 5.19. The Balaban J connectivity index is 0.000000211. The van der Waals surface area contributed by atoms with Crippen molar-refractivity contribution in [1.29, 1.82) is 0 Å². The van der Waals surface area contributed by atoms with Crippen molar-refractivity contribution in [2.24, 2.45) is 0 Å². The molecule has 5 heteroatoms. The molecular weight excluding hydrogens is 494 g/mol. The van der Waals surface area contributed by atoms with Crippen molar-refractivity contribution >= 4 is 30.3 Å². The van der Waals surface area contributed by atoms with Gasteiger partial charge in [0, 0.05) is 8.07 Å². The quantitative estimate of drug-likeness (QED) is 0.258. The van der Waals surface area contributed by atoms with Gasteiger partial charge in [-0.3, -0.25) is 0 Å². The number of hydrogen-bond acceptors (Lipinski definition) is 1. The summed E-state index contributed by atoms with van der Waals surface area (Å²) in [4.78, 5) is 0. The van der Waals surface area contributed by atoms with Crippen molar-refractivity contribution in [3.05, 3.63) is 71.8 Å². The number of benzene rings is 1. The summed E-state index contributed by atoms with van der Waals surface area (Å²) >= 11 is -0.826. The molecule has 1 aliphatic rings. The van der Waals surface area contributed by atoms with Gasteiger partial charge in [-0.25, -0.2) is 11.3 Å². The van der Waals surface area contributed by atoms with Crippen molar-refractivity contribution < 1.29 is 25.6 Å². The van der Waals surface area contributed by atoms with Gasteiger partial charge in [-0.15, -0.1) is 17.2 Å². The molecule has 0 unspecified atom stereocenters. The molecule has 154 valence electrons. The fraction of sp³-hybridized carbons (Fsp3) is 0.333. The molecule has 3 aromatic rings. The third-order valence-corrected chi connectivity index (χ3v) is 7.23. The van der Waals surface area contributed by atoms with Gasteiger partial charge >= 0.3 is 37.9 Å². The summed E-state index contributed by atoms with van der Waals surface area (Å²) < 4.78 is 5.19. The van der Waals surface area contributed by atoms with Crippen LogP contribution in [0.1, 0.15) is 24.0 Å². The number of methoxy groups -OCH3 is 1. The van der Waals surface area contributed by atoms with Crippen LogP contribution in [0.15, 0.2) is 60.7 Å². The summed E-state index contributed by atoms with van der Waals surface area (Å²) in [5, 5.41) is 1.56. The van der Waals surface area contributed by atoms with Gasteiger partial charge in [-0.1, -0.05) is 56.6 Å². The standard InChI is InChI=1S/C16H17O.C8H13Si.2ClH.Zr/c1-17-16-8-6-12(7-9-16)15-10-13-4-2-3-5-14(13)11-15;1-9(2,3)8-6-4-5-7-8;;;/h6-11H,2-5H2,1H3;4-7H,1-3H3;2*1H;/q2*-1;;;+4/p-2. The molecule has 0 N–H and O–H groups in total. The SMILES string of the molecule is COc1ccc(-c2cc3c([cH-]2)CCCC3)cc1.C[Si](C)(C)c1cc[cH-]c1.[Cl][Zr+2][Cl]. The van der Waals surface area contributed by atoms with Gasteiger partial charge in [0.25, 0.3) is 0 Å². The van der Waals surface area contributed by atoms with Crippen LogP contribution in [0.5, 0.6) is 5.75 Å². The van der Waals surface area contributed by atoms with Crippen LogP contribution in [0.3, 0.4) is 0 Å². The second-order valence-corrected chi connectivity index (χ2v) is 17.0. The van der Waals surface area contributed by atoms with E-state index in [4.69, 9.17) is 21.8 Å². The van der Waals surface area contributed by atoms with Crippen LogP contribution in [-0.2, 0) is 33.7 Å². The molecule has 0 bridgehead atoms. The number of ether oxygens (including phenoxy) is 1. The average molecular weight is 525 g/mol. The molecular formula is C24H30Cl2OSiZr. The van der Waals surface area contributed by atoms with E-state index in [0.717, 1.165) is 5.75 Å². The first kappa shape index (κ1) is 24.7. The Bertz CT molecular complexity index is 809. The summed E-state index contributed by atoms with van der Waals surface area (Å²) in [7, 11) is 10.6. The van der Waals surface area contributed by atoms with E-state index < -0.39 is 28.9 Å². The number of halogens is 2. The zero-order valence-corrected chi connectivity index (χ0v) is 22.7. The predicted molar refractivity (Wildman–Crippen MR) is 127 cm³/mol. The Labute approximate surface area is 195 Å². The number of rotatable bonds is 3. The molecule has 4 rings (SSSR count). The van der Waals surface area contributed by atoms with Crippen LogP contribution in [0.4, 0.5) is 0 Å². The Kier molecular flexibility index (Phi) is 10.5. The summed E-state index contributed by atoms with van der Waals surface area (Å²) in [6.07, 6.45) is 5.20. The Morgan fingerprint density at radius 1 is 1.00 bits per heavy atom. The van der Waals surface area contributed by atoms with Crippen molar-refractivity contribution in [1.82, 2.24) is 0 Å². The third kappa shape index (κ3) is 7.87. The van der Waals surface area contributed by atoms with Crippen LogP contribution >= 0.6 is 17.0 Å². The average Bonchev–Trinajstić information content (AvgIpc) is 3.39. The zero-order valence-electron chi connectivity index (χ0n) is 17.8. The first-order valence-electron chi connectivity index (χ1n) is 10.0. The molecule has 0 amide bonds. The van der Waals surface area contributed by atoms with Crippen LogP contribution in [0.2, 0.25) is 19.6 Å². The van der Waals surface area contributed by atoms with Crippen molar-refractivity contribution in [3.63, 3.8) is 0 Å². The first-order chi connectivity index (χ1) is 13.9. The minimum absolute atomic E-state index is 0.826. The summed E-state index contributed by atoms with van der Waals surface area (Å²) in [5.74, 6) is 0.921. The van der Waals surface area contributed by atoms with Crippen LogP contribution in [0, 0.1) is 0 Å². The third-order valence-electron chi connectivity index (χ3n) is 5.17. The van der Waals surface area contributed by atoms with E-state index in [1.54, 1.807) is 23.4 Å². The molecule has 1 nitrogen and oxygen atoms in total. The topological polar surface area (TPSA) is 9.23 Å². The molecule has 29 heavy (non-hydrogen) atoms. The molecule has 3 aromatic carbocycles. The van der Waals surface area contributed by atoms with Gasteiger partial charge in [0.15, 0.2) is 0 Å². The van der Waals surface area contributed by atoms with E-state index in [1.165, 1.54) is 36.8 Å². The minimum atomic E-state index is -0.981. The van der Waals surface area contributed by atoms with E-state index in [2.05, 4.69) is 68.2 Å². The second kappa shape index (κ2) is 12.3. The molecule has 0 fully saturated rings. The van der Waals surface area contributed by atoms with E-state index >= 15 is 0 Å². The molecule has 0 radical (unpaired) electrons. The number of aryl methyl sites for hydroxylation is 2. The molecule has 0 heterocycles. The molecule has 0 spiro atoms. The molecule has 1 aliphatic carbocycles. The van der Waals surface area contributed by atoms with E-state index in [0.29, 0.717) is 0 Å². The predicted octanol–water partition coefficient (Wildman–Crippen LogP) is 7.29. The normalized spacial score (nSPS) is 12.5. The zero-order chi connectivity index (χ0) is 21.3. The molecule has 0 saturated heterocycles. The van der Waals surface area contributed by atoms with Crippen molar-refractivity contribution in [2.45, 2.75) is 45.3 Å². The van der Waals surface area contributed by atoms with Crippen molar-refractivity contribution in [3.8, 4) is 16.9 Å². The van der Waals surface area contributed by atoms with Gasteiger partial charge in [0.1, 0.15) is 5.75 Å². The summed E-state index contributed by atoms with van der Waals surface area (Å²) in [6, 6.07) is 21.7. The van der Waals surface area contributed by atoms with Gasteiger partial charge in [0.2, 0.25) is 0 Å². The Hall–Kier alpha value is -0.600. The number of hydrogen-bond donors (Lipinski definition) is 0. The second-order valence-electron chi connectivity index (χ2n) is 8.23. The Morgan fingerprint density at radius 2 is 1.66 bits per heavy atom. The summed E-state index contributed by atoms with van der Waals surface area (Å²) in [5.41, 5.74) is 5.77. The van der Waals surface area contributed by atoms with Crippen LogP contribution in [0.25, 0.3) is 11.1 Å². The molecule has 0 aliphatic heterocycles. The van der Waals surface area contributed by atoms with Crippen molar-refractivity contribution in [2.75, 3.05) is 7.11 Å². The van der Waals surface area contributed by atoms with Gasteiger partial charge < -0.3 is 4.74 Å². The van der Waals surface area contributed by atoms with Crippen LogP contribution in [-0.4, -0.2) is 15.2 Å². The van der Waals surface area contributed by atoms with Gasteiger partial charge in [0.05, 0.1) is 7.11 Å². The number of fused-ring (bicyclic) bond motifs is 1. The molecule has 0 atom stereocenters. The van der Waals surface area contributed by atoms with Gasteiger partial charge in [-0.05, 0) is 18.6 Å².